The zero-order valence-electron chi connectivity index (χ0n) is 13.4. The van der Waals surface area contributed by atoms with Crippen molar-refractivity contribution in [2.24, 2.45) is 0 Å². The van der Waals surface area contributed by atoms with E-state index >= 15 is 0 Å². The van der Waals surface area contributed by atoms with E-state index < -0.39 is 29.1 Å². The number of rotatable bonds is 4. The van der Waals surface area contributed by atoms with Crippen molar-refractivity contribution in [3.63, 3.8) is 0 Å². The molecule has 142 valence electrons. The van der Waals surface area contributed by atoms with E-state index in [2.05, 4.69) is 0 Å². The van der Waals surface area contributed by atoms with Crippen LogP contribution in [-0.4, -0.2) is 17.4 Å². The number of hydrogen-bond donors (Lipinski definition) is 0. The van der Waals surface area contributed by atoms with Crippen molar-refractivity contribution in [1.82, 2.24) is 0 Å². The van der Waals surface area contributed by atoms with Crippen LogP contribution in [0.5, 0.6) is 0 Å². The smallest absolute Gasteiger partial charge is 0.188 e. The lowest BCUT2D eigenvalue weighted by Crippen LogP contribution is -2.49. The van der Waals surface area contributed by atoms with Gasteiger partial charge >= 0.3 is 17.4 Å². The van der Waals surface area contributed by atoms with Gasteiger partial charge in [-0.25, -0.2) is 0 Å². The third kappa shape index (κ3) is 3.97. The molecule has 0 aliphatic carbocycles. The molecule has 0 aliphatic rings. The molecule has 0 nitrogen and oxygen atoms in total. The van der Waals surface area contributed by atoms with Gasteiger partial charge in [-0.2, -0.15) is 30.7 Å². The van der Waals surface area contributed by atoms with Crippen LogP contribution in [0.4, 0.5) is 30.7 Å². The molecule has 2 aromatic rings. The summed E-state index contributed by atoms with van der Waals surface area (Å²) in [4.78, 5) is -0.333. The second-order valence-electron chi connectivity index (χ2n) is 5.63. The first-order valence-corrected chi connectivity index (χ1v) is 9.05. The highest BCUT2D eigenvalue weighted by molar-refractivity contribution is 14.1. The van der Waals surface area contributed by atoms with Crippen LogP contribution in [0.25, 0.3) is 11.1 Å². The standard InChI is InChI=1S/C17H12F7IS/c1-9-7-10(2)14(11-5-3-4-6-12(11)25)13(8-9)26-17(23,24)15(18,19)16(20,21)22/h3-8H,1-2H3. The van der Waals surface area contributed by atoms with Crippen molar-refractivity contribution in [1.29, 1.82) is 0 Å². The van der Waals surface area contributed by atoms with Crippen LogP contribution < -0.4 is 0 Å². The second kappa shape index (κ2) is 7.21. The fourth-order valence-corrected chi connectivity index (χ4v) is 4.18. The molecule has 9 heteroatoms. The SMILES string of the molecule is Cc1cc(C)c(-c2ccccc2I)c(SC(F)(F)C(F)(F)C(F)(F)F)c1. The van der Waals surface area contributed by atoms with Gasteiger partial charge in [0.1, 0.15) is 0 Å². The predicted octanol–water partition coefficient (Wildman–Crippen LogP) is 7.46. The van der Waals surface area contributed by atoms with E-state index in [9.17, 15) is 30.7 Å². The molecule has 0 aliphatic heterocycles. The van der Waals surface area contributed by atoms with Gasteiger partial charge in [-0.05, 0) is 82.6 Å². The summed E-state index contributed by atoms with van der Waals surface area (Å²) in [5, 5.41) is -5.36. The maximum Gasteiger partial charge on any atom is 0.460 e. The molecule has 0 aromatic heterocycles. The van der Waals surface area contributed by atoms with Crippen molar-refractivity contribution in [3.8, 4) is 11.1 Å². The van der Waals surface area contributed by atoms with Gasteiger partial charge in [0.05, 0.1) is 0 Å². The van der Waals surface area contributed by atoms with Gasteiger partial charge in [-0.3, -0.25) is 0 Å². The highest BCUT2D eigenvalue weighted by Gasteiger charge is 2.73. The predicted molar refractivity (Wildman–Crippen MR) is 95.9 cm³/mol. The Labute approximate surface area is 163 Å². The fourth-order valence-electron chi connectivity index (χ4n) is 2.39. The van der Waals surface area contributed by atoms with Crippen LogP contribution in [-0.2, 0) is 0 Å². The number of thioether (sulfide) groups is 1. The molecule has 0 bridgehead atoms. The van der Waals surface area contributed by atoms with Gasteiger partial charge in [-0.1, -0.05) is 24.3 Å². The van der Waals surface area contributed by atoms with Crippen LogP contribution >= 0.6 is 34.4 Å². The Balaban J connectivity index is 2.63. The lowest BCUT2D eigenvalue weighted by Gasteiger charge is -2.28. The van der Waals surface area contributed by atoms with Gasteiger partial charge in [0, 0.05) is 8.47 Å². The van der Waals surface area contributed by atoms with Crippen molar-refractivity contribution in [2.45, 2.75) is 36.1 Å². The van der Waals surface area contributed by atoms with E-state index in [1.165, 1.54) is 6.07 Å². The molecule has 0 atom stereocenters. The molecule has 0 unspecified atom stereocenters. The molecule has 0 spiro atoms. The minimum absolute atomic E-state index is 0.211. The average molecular weight is 508 g/mol. The minimum atomic E-state index is -6.36. The molecule has 0 amide bonds. The summed E-state index contributed by atoms with van der Waals surface area (Å²) in [5.74, 6) is -6.16. The van der Waals surface area contributed by atoms with E-state index in [1.807, 2.05) is 22.6 Å². The maximum atomic E-state index is 13.9. The Bertz CT molecular complexity index is 815. The van der Waals surface area contributed by atoms with Crippen molar-refractivity contribution in [3.05, 3.63) is 51.1 Å². The summed E-state index contributed by atoms with van der Waals surface area (Å²) < 4.78 is 92.4. The highest BCUT2D eigenvalue weighted by atomic mass is 127. The topological polar surface area (TPSA) is 0 Å². The molecular formula is C17H12F7IS. The third-order valence-corrected chi connectivity index (χ3v) is 5.54. The zero-order valence-corrected chi connectivity index (χ0v) is 16.4. The Morgan fingerprint density at radius 1 is 0.885 bits per heavy atom. The molecule has 0 fully saturated rings. The highest BCUT2D eigenvalue weighted by Crippen LogP contribution is 2.55. The van der Waals surface area contributed by atoms with Gasteiger partial charge < -0.3 is 0 Å². The van der Waals surface area contributed by atoms with Crippen molar-refractivity contribution in [2.75, 3.05) is 0 Å². The number of aryl methyl sites for hydroxylation is 2. The van der Waals surface area contributed by atoms with E-state index in [0.717, 1.165) is 0 Å². The Morgan fingerprint density at radius 3 is 2.00 bits per heavy atom. The molecule has 0 saturated carbocycles. The number of alkyl halides is 7. The van der Waals surface area contributed by atoms with Crippen molar-refractivity contribution >= 4 is 34.4 Å². The Hall–Kier alpha value is -0.970. The molecule has 0 heterocycles. The van der Waals surface area contributed by atoms with Crippen LogP contribution in [0.3, 0.4) is 0 Å². The van der Waals surface area contributed by atoms with Gasteiger partial charge in [0.2, 0.25) is 0 Å². The summed E-state index contributed by atoms with van der Waals surface area (Å²) >= 11 is 1.18. The first-order chi connectivity index (χ1) is 11.8. The molecule has 2 aromatic carbocycles. The average Bonchev–Trinajstić information content (AvgIpc) is 2.46. The van der Waals surface area contributed by atoms with Gasteiger partial charge in [-0.15, -0.1) is 0 Å². The molecular weight excluding hydrogens is 496 g/mol. The molecule has 0 N–H and O–H groups in total. The van der Waals surface area contributed by atoms with Crippen LogP contribution in [0, 0.1) is 17.4 Å². The summed E-state index contributed by atoms with van der Waals surface area (Å²) in [6.45, 7) is 3.15. The number of benzene rings is 2. The monoisotopic (exact) mass is 508 g/mol. The first kappa shape index (κ1) is 21.3. The minimum Gasteiger partial charge on any atom is -0.188 e. The number of hydrogen-bond acceptors (Lipinski definition) is 1. The lowest BCUT2D eigenvalue weighted by molar-refractivity contribution is -0.330. The van der Waals surface area contributed by atoms with Crippen molar-refractivity contribution < 1.29 is 30.7 Å². The molecule has 2 rings (SSSR count). The van der Waals surface area contributed by atoms with E-state index in [-0.39, 0.29) is 10.5 Å². The third-order valence-electron chi connectivity index (χ3n) is 3.55. The normalized spacial score (nSPS) is 13.2. The van der Waals surface area contributed by atoms with E-state index in [0.29, 0.717) is 20.3 Å². The lowest BCUT2D eigenvalue weighted by atomic mass is 9.99. The first-order valence-electron chi connectivity index (χ1n) is 7.15. The molecule has 26 heavy (non-hydrogen) atoms. The number of halogens is 8. The van der Waals surface area contributed by atoms with Crippen LogP contribution in [0.2, 0.25) is 0 Å². The van der Waals surface area contributed by atoms with Gasteiger partial charge in [0.15, 0.2) is 0 Å². The molecule has 0 saturated heterocycles. The quantitative estimate of drug-likeness (QED) is 0.235. The zero-order chi connectivity index (χ0) is 19.9. The summed E-state index contributed by atoms with van der Waals surface area (Å²) in [6.07, 6.45) is -6.36. The van der Waals surface area contributed by atoms with E-state index in [1.54, 1.807) is 44.2 Å². The van der Waals surface area contributed by atoms with Crippen LogP contribution in [0.15, 0.2) is 41.3 Å². The van der Waals surface area contributed by atoms with E-state index in [4.69, 9.17) is 0 Å². The Morgan fingerprint density at radius 2 is 1.46 bits per heavy atom. The second-order valence-corrected chi connectivity index (χ2v) is 7.94. The molecule has 0 radical (unpaired) electrons. The summed E-state index contributed by atoms with van der Waals surface area (Å²) in [5.41, 5.74) is 1.68. The summed E-state index contributed by atoms with van der Waals surface area (Å²) in [7, 11) is 0. The fraction of sp³-hybridized carbons (Fsp3) is 0.294. The summed E-state index contributed by atoms with van der Waals surface area (Å²) in [6, 6.07) is 9.47. The van der Waals surface area contributed by atoms with Crippen LogP contribution in [0.1, 0.15) is 11.1 Å². The maximum absolute atomic E-state index is 13.9. The Kier molecular flexibility index (Phi) is 5.92. The van der Waals surface area contributed by atoms with Gasteiger partial charge in [0.25, 0.3) is 0 Å². The largest absolute Gasteiger partial charge is 0.460 e.